The molecular formula is C25H24F2N2O. The number of nitrogens with one attached hydrogen (secondary N) is 1. The Morgan fingerprint density at radius 3 is 2.43 bits per heavy atom. The van der Waals surface area contributed by atoms with Crippen molar-refractivity contribution in [2.75, 3.05) is 24.6 Å². The molecule has 0 amide bonds. The van der Waals surface area contributed by atoms with Gasteiger partial charge in [-0.1, -0.05) is 24.3 Å². The van der Waals surface area contributed by atoms with Gasteiger partial charge in [0.25, 0.3) is 0 Å². The Labute approximate surface area is 174 Å². The van der Waals surface area contributed by atoms with E-state index in [4.69, 9.17) is 4.74 Å². The number of H-pyrrole nitrogens is 1. The first-order chi connectivity index (χ1) is 14.6. The van der Waals surface area contributed by atoms with Crippen molar-refractivity contribution >= 4 is 27.5 Å². The molecule has 1 saturated heterocycles. The van der Waals surface area contributed by atoms with E-state index in [-0.39, 0.29) is 5.69 Å². The third kappa shape index (κ3) is 3.38. The van der Waals surface area contributed by atoms with E-state index in [0.29, 0.717) is 31.2 Å². The molecule has 1 N–H and O–H groups in total. The van der Waals surface area contributed by atoms with Crippen molar-refractivity contribution in [1.29, 1.82) is 0 Å². The zero-order valence-electron chi connectivity index (χ0n) is 16.9. The highest BCUT2D eigenvalue weighted by Gasteiger charge is 2.24. The topological polar surface area (TPSA) is 28.3 Å². The monoisotopic (exact) mass is 406 g/mol. The molecule has 0 unspecified atom stereocenters. The number of hydrogen-bond acceptors (Lipinski definition) is 2. The van der Waals surface area contributed by atoms with Gasteiger partial charge in [0.2, 0.25) is 0 Å². The molecule has 1 aromatic heterocycles. The van der Waals surface area contributed by atoms with E-state index in [1.165, 1.54) is 12.1 Å². The minimum atomic E-state index is -0.479. The van der Waals surface area contributed by atoms with E-state index in [1.54, 1.807) is 6.92 Å². The van der Waals surface area contributed by atoms with Crippen LogP contribution in [-0.4, -0.2) is 24.7 Å². The number of para-hydroxylation sites is 1. The number of nitrogens with zero attached hydrogens (tertiary/aromatic N) is 1. The summed E-state index contributed by atoms with van der Waals surface area (Å²) in [4.78, 5) is 5.26. The minimum absolute atomic E-state index is 0.100. The molecule has 30 heavy (non-hydrogen) atoms. The SMILES string of the molecule is Cc1cc(F)c(N2CCC(COc3cccc4[nH]c5ccccc5c34)CC2)c(F)c1. The molecule has 0 spiro atoms. The van der Waals surface area contributed by atoms with E-state index in [0.717, 1.165) is 40.4 Å². The molecule has 0 aliphatic carbocycles. The summed E-state index contributed by atoms with van der Waals surface area (Å²) in [7, 11) is 0. The second-order valence-corrected chi connectivity index (χ2v) is 8.17. The number of benzene rings is 3. The molecule has 154 valence electrons. The van der Waals surface area contributed by atoms with Gasteiger partial charge in [-0.2, -0.15) is 0 Å². The van der Waals surface area contributed by atoms with Crippen LogP contribution in [0.2, 0.25) is 0 Å². The summed E-state index contributed by atoms with van der Waals surface area (Å²) >= 11 is 0. The van der Waals surface area contributed by atoms with Crippen molar-refractivity contribution < 1.29 is 13.5 Å². The van der Waals surface area contributed by atoms with Gasteiger partial charge in [-0.3, -0.25) is 0 Å². The predicted molar refractivity (Wildman–Crippen MR) is 117 cm³/mol. The van der Waals surface area contributed by atoms with Crippen LogP contribution in [-0.2, 0) is 0 Å². The lowest BCUT2D eigenvalue weighted by Gasteiger charge is -2.34. The highest BCUT2D eigenvalue weighted by molar-refractivity contribution is 6.10. The molecule has 0 atom stereocenters. The fourth-order valence-corrected chi connectivity index (χ4v) is 4.51. The highest BCUT2D eigenvalue weighted by atomic mass is 19.1. The zero-order chi connectivity index (χ0) is 20.7. The molecule has 1 aliphatic heterocycles. The summed E-state index contributed by atoms with van der Waals surface area (Å²) in [6.45, 7) is 3.56. The number of piperidine rings is 1. The van der Waals surface area contributed by atoms with Crippen molar-refractivity contribution in [3.8, 4) is 5.75 Å². The Bertz CT molecular complexity index is 1190. The summed E-state index contributed by atoms with van der Waals surface area (Å²) in [5.74, 6) is 0.280. The molecular weight excluding hydrogens is 382 g/mol. The van der Waals surface area contributed by atoms with Crippen LogP contribution in [0.25, 0.3) is 21.8 Å². The van der Waals surface area contributed by atoms with Crippen LogP contribution >= 0.6 is 0 Å². The molecule has 4 aromatic rings. The summed E-state index contributed by atoms with van der Waals surface area (Å²) < 4.78 is 34.8. The fraction of sp³-hybridized carbons (Fsp3) is 0.280. The quantitative estimate of drug-likeness (QED) is 0.437. The maximum absolute atomic E-state index is 14.3. The van der Waals surface area contributed by atoms with Crippen LogP contribution in [0, 0.1) is 24.5 Å². The number of aromatic amines is 1. The Morgan fingerprint density at radius 1 is 0.967 bits per heavy atom. The molecule has 3 aromatic carbocycles. The molecule has 0 saturated carbocycles. The van der Waals surface area contributed by atoms with Crippen LogP contribution in [0.3, 0.4) is 0 Å². The number of fused-ring (bicyclic) bond motifs is 3. The second kappa shape index (κ2) is 7.63. The van der Waals surface area contributed by atoms with Gasteiger partial charge in [0.1, 0.15) is 23.1 Å². The van der Waals surface area contributed by atoms with Crippen LogP contribution in [0.4, 0.5) is 14.5 Å². The second-order valence-electron chi connectivity index (χ2n) is 8.17. The van der Waals surface area contributed by atoms with Gasteiger partial charge in [0, 0.05) is 29.4 Å². The van der Waals surface area contributed by atoms with Gasteiger partial charge in [0.05, 0.1) is 12.1 Å². The lowest BCUT2D eigenvalue weighted by Crippen LogP contribution is -2.36. The van der Waals surface area contributed by atoms with Crippen molar-refractivity contribution in [2.24, 2.45) is 5.92 Å². The van der Waals surface area contributed by atoms with E-state index in [9.17, 15) is 8.78 Å². The molecule has 5 rings (SSSR count). The Hall–Kier alpha value is -3.08. The third-order valence-electron chi connectivity index (χ3n) is 6.06. The van der Waals surface area contributed by atoms with Crippen molar-refractivity contribution in [3.63, 3.8) is 0 Å². The maximum Gasteiger partial charge on any atom is 0.149 e. The van der Waals surface area contributed by atoms with Gasteiger partial charge >= 0.3 is 0 Å². The van der Waals surface area contributed by atoms with Crippen molar-refractivity contribution in [1.82, 2.24) is 4.98 Å². The van der Waals surface area contributed by atoms with E-state index < -0.39 is 11.6 Å². The number of halogens is 2. The third-order valence-corrected chi connectivity index (χ3v) is 6.06. The number of aryl methyl sites for hydroxylation is 1. The van der Waals surface area contributed by atoms with Crippen LogP contribution in [0.1, 0.15) is 18.4 Å². The van der Waals surface area contributed by atoms with E-state index >= 15 is 0 Å². The molecule has 0 bridgehead atoms. The zero-order valence-corrected chi connectivity index (χ0v) is 16.9. The standard InChI is InChI=1S/C25H24F2N2O/c1-16-13-19(26)25(20(27)14-16)29-11-9-17(10-12-29)15-30-23-8-4-7-22-24(23)18-5-2-3-6-21(18)28-22/h2-8,13-14,17,28H,9-12,15H2,1H3. The normalized spacial score (nSPS) is 15.2. The van der Waals surface area contributed by atoms with E-state index in [1.807, 2.05) is 29.2 Å². The summed E-state index contributed by atoms with van der Waals surface area (Å²) in [5, 5.41) is 2.26. The average molecular weight is 406 g/mol. The summed E-state index contributed by atoms with van der Waals surface area (Å²) in [5.41, 5.74) is 2.86. The van der Waals surface area contributed by atoms with Gasteiger partial charge in [-0.15, -0.1) is 0 Å². The number of rotatable bonds is 4. The lowest BCUT2D eigenvalue weighted by atomic mass is 9.97. The minimum Gasteiger partial charge on any atom is -0.493 e. The maximum atomic E-state index is 14.3. The first kappa shape index (κ1) is 18.9. The lowest BCUT2D eigenvalue weighted by molar-refractivity contribution is 0.224. The van der Waals surface area contributed by atoms with Crippen molar-refractivity contribution in [3.05, 3.63) is 71.8 Å². The van der Waals surface area contributed by atoms with Gasteiger partial charge < -0.3 is 14.6 Å². The van der Waals surface area contributed by atoms with Crippen LogP contribution in [0.15, 0.2) is 54.6 Å². The predicted octanol–water partition coefficient (Wildman–Crippen LogP) is 6.20. The van der Waals surface area contributed by atoms with Crippen LogP contribution in [0.5, 0.6) is 5.75 Å². The Morgan fingerprint density at radius 2 is 1.67 bits per heavy atom. The first-order valence-corrected chi connectivity index (χ1v) is 10.4. The Balaban J connectivity index is 1.28. The molecule has 5 heteroatoms. The summed E-state index contributed by atoms with van der Waals surface area (Å²) in [6.07, 6.45) is 1.69. The number of hydrogen-bond donors (Lipinski definition) is 1. The number of aromatic nitrogens is 1. The largest absolute Gasteiger partial charge is 0.493 e. The van der Waals surface area contributed by atoms with Gasteiger partial charge in [-0.05, 0) is 61.6 Å². The highest BCUT2D eigenvalue weighted by Crippen LogP contribution is 2.34. The molecule has 3 nitrogen and oxygen atoms in total. The smallest absolute Gasteiger partial charge is 0.149 e. The Kier molecular flexibility index (Phi) is 4.81. The van der Waals surface area contributed by atoms with E-state index in [2.05, 4.69) is 23.2 Å². The molecule has 2 heterocycles. The fourth-order valence-electron chi connectivity index (χ4n) is 4.51. The van der Waals surface area contributed by atoms with Crippen LogP contribution < -0.4 is 9.64 Å². The van der Waals surface area contributed by atoms with Crippen molar-refractivity contribution in [2.45, 2.75) is 19.8 Å². The number of anilines is 1. The first-order valence-electron chi connectivity index (χ1n) is 10.4. The molecule has 1 fully saturated rings. The average Bonchev–Trinajstić information content (AvgIpc) is 3.12. The van der Waals surface area contributed by atoms with Gasteiger partial charge in [-0.25, -0.2) is 8.78 Å². The molecule has 0 radical (unpaired) electrons. The number of ether oxygens (including phenoxy) is 1. The summed E-state index contributed by atoms with van der Waals surface area (Å²) in [6, 6.07) is 17.1. The van der Waals surface area contributed by atoms with Gasteiger partial charge in [0.15, 0.2) is 0 Å². The molecule has 1 aliphatic rings.